The number of piperidine rings is 1. The van der Waals surface area contributed by atoms with Gasteiger partial charge in [0.15, 0.2) is 5.78 Å². The molecule has 3 aromatic rings. The number of aliphatic hydroxyl groups is 1. The van der Waals surface area contributed by atoms with Crippen LogP contribution in [0.1, 0.15) is 29.5 Å². The van der Waals surface area contributed by atoms with E-state index in [-0.39, 0.29) is 12.4 Å². The SMILES string of the molecule is Cc1cccc(CO)c1NC1CCN(CC(=O)Cc2cccc3ncccc23)CC1. The second-order valence-electron chi connectivity index (χ2n) is 8.16. The lowest BCUT2D eigenvalue weighted by molar-refractivity contribution is -0.119. The summed E-state index contributed by atoms with van der Waals surface area (Å²) in [7, 11) is 0. The van der Waals surface area contributed by atoms with Crippen LogP contribution in [-0.4, -0.2) is 46.4 Å². The second kappa shape index (κ2) is 9.37. The Hall–Kier alpha value is -2.76. The molecule has 4 rings (SSSR count). The summed E-state index contributed by atoms with van der Waals surface area (Å²) < 4.78 is 0. The number of nitrogens with one attached hydrogen (secondary N) is 1. The van der Waals surface area contributed by atoms with Crippen LogP contribution in [0.3, 0.4) is 0 Å². The number of aryl methyl sites for hydroxylation is 1. The van der Waals surface area contributed by atoms with E-state index in [1.54, 1.807) is 6.20 Å². The molecular formula is C25H29N3O2. The van der Waals surface area contributed by atoms with Gasteiger partial charge in [0.2, 0.25) is 0 Å². The lowest BCUT2D eigenvalue weighted by Crippen LogP contribution is -2.42. The number of aliphatic hydroxyl groups excluding tert-OH is 1. The molecule has 1 fully saturated rings. The summed E-state index contributed by atoms with van der Waals surface area (Å²) in [6.45, 7) is 4.41. The van der Waals surface area contributed by atoms with Crippen molar-refractivity contribution in [3.05, 3.63) is 71.4 Å². The van der Waals surface area contributed by atoms with Crippen LogP contribution in [0, 0.1) is 6.92 Å². The lowest BCUT2D eigenvalue weighted by atomic mass is 10.0. The Morgan fingerprint density at radius 3 is 2.67 bits per heavy atom. The highest BCUT2D eigenvalue weighted by atomic mass is 16.3. The van der Waals surface area contributed by atoms with Crippen LogP contribution in [0.25, 0.3) is 10.9 Å². The first-order chi connectivity index (χ1) is 14.6. The van der Waals surface area contributed by atoms with E-state index in [9.17, 15) is 9.90 Å². The highest BCUT2D eigenvalue weighted by Gasteiger charge is 2.22. The van der Waals surface area contributed by atoms with E-state index >= 15 is 0 Å². The number of nitrogens with zero attached hydrogens (tertiary/aromatic N) is 2. The molecule has 1 aliphatic rings. The number of likely N-dealkylation sites (tertiary alicyclic amines) is 1. The summed E-state index contributed by atoms with van der Waals surface area (Å²) in [5.74, 6) is 0.249. The van der Waals surface area contributed by atoms with Crippen LogP contribution in [0.2, 0.25) is 0 Å². The number of rotatable bonds is 7. The van der Waals surface area contributed by atoms with Crippen LogP contribution in [-0.2, 0) is 17.8 Å². The first kappa shape index (κ1) is 20.5. The summed E-state index contributed by atoms with van der Waals surface area (Å²) in [5.41, 5.74) is 5.14. The van der Waals surface area contributed by atoms with Crippen molar-refractivity contribution in [2.75, 3.05) is 25.0 Å². The number of pyridine rings is 1. The number of fused-ring (bicyclic) bond motifs is 1. The number of para-hydroxylation sites is 1. The maximum absolute atomic E-state index is 12.7. The number of hydrogen-bond acceptors (Lipinski definition) is 5. The van der Waals surface area contributed by atoms with Crippen molar-refractivity contribution in [3.63, 3.8) is 0 Å². The minimum absolute atomic E-state index is 0.0427. The summed E-state index contributed by atoms with van der Waals surface area (Å²) in [5, 5.41) is 14.3. The van der Waals surface area contributed by atoms with Gasteiger partial charge in [0.05, 0.1) is 18.7 Å². The number of hydrogen-bond donors (Lipinski definition) is 2. The molecule has 2 N–H and O–H groups in total. The molecule has 0 atom stereocenters. The van der Waals surface area contributed by atoms with E-state index in [1.807, 2.05) is 42.5 Å². The number of aromatic nitrogens is 1. The smallest absolute Gasteiger partial charge is 0.151 e. The Morgan fingerprint density at radius 1 is 1.10 bits per heavy atom. The van der Waals surface area contributed by atoms with Gasteiger partial charge < -0.3 is 10.4 Å². The molecule has 0 radical (unpaired) electrons. The van der Waals surface area contributed by atoms with Crippen molar-refractivity contribution in [2.24, 2.45) is 0 Å². The first-order valence-electron chi connectivity index (χ1n) is 10.7. The van der Waals surface area contributed by atoms with Crippen molar-refractivity contribution in [1.29, 1.82) is 0 Å². The molecule has 1 aliphatic heterocycles. The van der Waals surface area contributed by atoms with Gasteiger partial charge in [-0.1, -0.05) is 36.4 Å². The van der Waals surface area contributed by atoms with Crippen LogP contribution in [0.15, 0.2) is 54.7 Å². The summed E-state index contributed by atoms with van der Waals surface area (Å²) >= 11 is 0. The van der Waals surface area contributed by atoms with Crippen molar-refractivity contribution in [3.8, 4) is 0 Å². The Bertz CT molecular complexity index is 1020. The maximum atomic E-state index is 12.7. The van der Waals surface area contributed by atoms with E-state index < -0.39 is 0 Å². The molecule has 1 saturated heterocycles. The minimum atomic E-state index is 0.0427. The topological polar surface area (TPSA) is 65.5 Å². The van der Waals surface area contributed by atoms with Gasteiger partial charge in [-0.3, -0.25) is 14.7 Å². The van der Waals surface area contributed by atoms with Gasteiger partial charge >= 0.3 is 0 Å². The molecule has 30 heavy (non-hydrogen) atoms. The summed E-state index contributed by atoms with van der Waals surface area (Å²) in [4.78, 5) is 19.4. The third-order valence-corrected chi connectivity index (χ3v) is 5.99. The van der Waals surface area contributed by atoms with Crippen molar-refractivity contribution in [1.82, 2.24) is 9.88 Å². The lowest BCUT2D eigenvalue weighted by Gasteiger charge is -2.33. The number of anilines is 1. The molecule has 2 heterocycles. The van der Waals surface area contributed by atoms with Crippen LogP contribution < -0.4 is 5.32 Å². The van der Waals surface area contributed by atoms with Gasteiger partial charge in [0.25, 0.3) is 0 Å². The zero-order valence-electron chi connectivity index (χ0n) is 17.5. The van der Waals surface area contributed by atoms with Crippen LogP contribution >= 0.6 is 0 Å². The predicted octanol–water partition coefficient (Wildman–Crippen LogP) is 3.72. The molecule has 5 nitrogen and oxygen atoms in total. The standard InChI is InChI=1S/C25H29N3O2/c1-18-5-2-7-20(17-29)25(18)27-21-10-13-28(14-11-21)16-22(30)15-19-6-3-9-24-23(19)8-4-12-26-24/h2-9,12,21,27,29H,10-11,13-17H2,1H3. The molecular weight excluding hydrogens is 374 g/mol. The van der Waals surface area contributed by atoms with Crippen molar-refractivity contribution < 1.29 is 9.90 Å². The fraction of sp³-hybridized carbons (Fsp3) is 0.360. The van der Waals surface area contributed by atoms with Gasteiger partial charge in [0.1, 0.15) is 0 Å². The summed E-state index contributed by atoms with van der Waals surface area (Å²) in [6, 6.07) is 16.3. The summed E-state index contributed by atoms with van der Waals surface area (Å²) in [6.07, 6.45) is 4.21. The molecule has 0 amide bonds. The molecule has 0 spiro atoms. The molecule has 0 unspecified atom stereocenters. The van der Waals surface area contributed by atoms with Crippen LogP contribution in [0.4, 0.5) is 5.69 Å². The predicted molar refractivity (Wildman–Crippen MR) is 121 cm³/mol. The zero-order chi connectivity index (χ0) is 20.9. The number of benzene rings is 2. The number of carbonyl (C=O) groups is 1. The molecule has 0 saturated carbocycles. The van der Waals surface area contributed by atoms with E-state index in [0.717, 1.165) is 59.2 Å². The van der Waals surface area contributed by atoms with Crippen molar-refractivity contribution >= 4 is 22.4 Å². The fourth-order valence-electron chi connectivity index (χ4n) is 4.35. The maximum Gasteiger partial charge on any atom is 0.151 e. The molecule has 0 aliphatic carbocycles. The zero-order valence-corrected chi connectivity index (χ0v) is 17.5. The molecule has 0 bridgehead atoms. The average Bonchev–Trinajstić information content (AvgIpc) is 2.76. The average molecular weight is 404 g/mol. The van der Waals surface area contributed by atoms with Crippen molar-refractivity contribution in [2.45, 2.75) is 38.8 Å². The molecule has 5 heteroatoms. The highest BCUT2D eigenvalue weighted by molar-refractivity contribution is 5.89. The van der Waals surface area contributed by atoms with Gasteiger partial charge in [-0.15, -0.1) is 0 Å². The van der Waals surface area contributed by atoms with Crippen LogP contribution in [0.5, 0.6) is 0 Å². The minimum Gasteiger partial charge on any atom is -0.392 e. The molecule has 156 valence electrons. The molecule has 1 aromatic heterocycles. The second-order valence-corrected chi connectivity index (χ2v) is 8.16. The number of carbonyl (C=O) groups excluding carboxylic acids is 1. The monoisotopic (exact) mass is 403 g/mol. The van der Waals surface area contributed by atoms with E-state index in [4.69, 9.17) is 0 Å². The van der Waals surface area contributed by atoms with E-state index in [2.05, 4.69) is 28.2 Å². The highest BCUT2D eigenvalue weighted by Crippen LogP contribution is 2.24. The van der Waals surface area contributed by atoms with E-state index in [1.165, 1.54) is 0 Å². The third kappa shape index (κ3) is 4.69. The Morgan fingerprint density at radius 2 is 1.87 bits per heavy atom. The van der Waals surface area contributed by atoms with Gasteiger partial charge in [0, 0.05) is 48.4 Å². The van der Waals surface area contributed by atoms with Gasteiger partial charge in [-0.25, -0.2) is 0 Å². The van der Waals surface area contributed by atoms with E-state index in [0.29, 0.717) is 19.0 Å². The third-order valence-electron chi connectivity index (χ3n) is 5.99. The number of Topliss-reactive ketones (excluding diaryl/α,β-unsaturated/α-hetero) is 1. The van der Waals surface area contributed by atoms with Gasteiger partial charge in [-0.2, -0.15) is 0 Å². The number of ketones is 1. The Labute approximate surface area is 177 Å². The Balaban J connectivity index is 1.31. The fourth-order valence-corrected chi connectivity index (χ4v) is 4.35. The normalized spacial score (nSPS) is 15.4. The first-order valence-corrected chi connectivity index (χ1v) is 10.7. The molecule has 2 aromatic carbocycles. The van der Waals surface area contributed by atoms with Gasteiger partial charge in [-0.05, 0) is 43.0 Å². The quantitative estimate of drug-likeness (QED) is 0.629. The largest absolute Gasteiger partial charge is 0.392 e. The Kier molecular flexibility index (Phi) is 6.41.